The third kappa shape index (κ3) is 2.54. The van der Waals surface area contributed by atoms with E-state index in [1.165, 1.54) is 0 Å². The molecule has 2 heterocycles. The third-order valence-corrected chi connectivity index (χ3v) is 4.50. The standard InChI is InChI=1S/C21H18N4O/c1-3-12-25-19-11-7-5-9-16(19)20(21(25)26)24-22-13-17-14(2)23-18-10-6-4-8-15(17)18/h3-11,13,23H,1,12H2,2H3/b22-13+,24-20+. The van der Waals surface area contributed by atoms with Crippen molar-refractivity contribution in [2.24, 2.45) is 10.2 Å². The van der Waals surface area contributed by atoms with Crippen LogP contribution in [0.5, 0.6) is 0 Å². The predicted molar refractivity (Wildman–Crippen MR) is 106 cm³/mol. The van der Waals surface area contributed by atoms with E-state index in [-0.39, 0.29) is 5.91 Å². The number of fused-ring (bicyclic) bond motifs is 2. The first-order valence-electron chi connectivity index (χ1n) is 8.41. The third-order valence-electron chi connectivity index (χ3n) is 4.50. The Morgan fingerprint density at radius 3 is 2.77 bits per heavy atom. The van der Waals surface area contributed by atoms with E-state index in [1.54, 1.807) is 17.2 Å². The van der Waals surface area contributed by atoms with E-state index in [2.05, 4.69) is 21.8 Å². The van der Waals surface area contributed by atoms with Crippen LogP contribution >= 0.6 is 0 Å². The lowest BCUT2D eigenvalue weighted by Gasteiger charge is -2.13. The fraction of sp³-hybridized carbons (Fsp3) is 0.0952. The molecule has 0 unspecified atom stereocenters. The number of para-hydroxylation sites is 2. The minimum atomic E-state index is -0.154. The Balaban J connectivity index is 1.72. The molecule has 128 valence electrons. The number of anilines is 1. The van der Waals surface area contributed by atoms with Crippen molar-refractivity contribution in [3.8, 4) is 0 Å². The maximum Gasteiger partial charge on any atom is 0.279 e. The summed E-state index contributed by atoms with van der Waals surface area (Å²) in [5.74, 6) is -0.154. The van der Waals surface area contributed by atoms with Crippen LogP contribution in [0.3, 0.4) is 0 Å². The van der Waals surface area contributed by atoms with Crippen LogP contribution in [0.1, 0.15) is 16.8 Å². The van der Waals surface area contributed by atoms with Crippen molar-refractivity contribution in [3.05, 3.63) is 78.0 Å². The molecule has 0 fully saturated rings. The largest absolute Gasteiger partial charge is 0.358 e. The number of nitrogens with one attached hydrogen (secondary N) is 1. The van der Waals surface area contributed by atoms with Gasteiger partial charge in [-0.2, -0.15) is 5.10 Å². The molecule has 5 nitrogen and oxygen atoms in total. The molecule has 0 saturated carbocycles. The zero-order valence-corrected chi connectivity index (χ0v) is 14.4. The number of aryl methyl sites for hydroxylation is 1. The second-order valence-corrected chi connectivity index (χ2v) is 6.12. The molecule has 2 aromatic carbocycles. The van der Waals surface area contributed by atoms with Crippen LogP contribution in [0.15, 0.2) is 71.4 Å². The van der Waals surface area contributed by atoms with E-state index in [9.17, 15) is 4.79 Å². The molecule has 3 aromatic rings. The molecule has 26 heavy (non-hydrogen) atoms. The number of nitrogens with zero attached hydrogens (tertiary/aromatic N) is 3. The van der Waals surface area contributed by atoms with Crippen LogP contribution in [0, 0.1) is 6.92 Å². The molecule has 1 aliphatic heterocycles. The number of H-pyrrole nitrogens is 1. The monoisotopic (exact) mass is 342 g/mol. The first kappa shape index (κ1) is 16.0. The van der Waals surface area contributed by atoms with Gasteiger partial charge in [-0.1, -0.05) is 42.5 Å². The number of aromatic nitrogens is 1. The predicted octanol–water partition coefficient (Wildman–Crippen LogP) is 3.83. The van der Waals surface area contributed by atoms with Gasteiger partial charge in [-0.3, -0.25) is 4.79 Å². The van der Waals surface area contributed by atoms with Gasteiger partial charge >= 0.3 is 0 Å². The molecule has 0 atom stereocenters. The first-order valence-corrected chi connectivity index (χ1v) is 8.41. The van der Waals surface area contributed by atoms with Gasteiger partial charge in [0.25, 0.3) is 5.91 Å². The van der Waals surface area contributed by atoms with E-state index >= 15 is 0 Å². The summed E-state index contributed by atoms with van der Waals surface area (Å²) in [7, 11) is 0. The number of carbonyl (C=O) groups is 1. The molecule has 0 aliphatic carbocycles. The van der Waals surface area contributed by atoms with E-state index in [4.69, 9.17) is 0 Å². The van der Waals surface area contributed by atoms with Gasteiger partial charge in [-0.15, -0.1) is 11.7 Å². The first-order chi connectivity index (χ1) is 12.7. The molecule has 0 bridgehead atoms. The van der Waals surface area contributed by atoms with Crippen LogP contribution in [-0.4, -0.2) is 29.4 Å². The lowest BCUT2D eigenvalue weighted by molar-refractivity contribution is -0.112. The average molecular weight is 342 g/mol. The number of amides is 1. The minimum absolute atomic E-state index is 0.154. The van der Waals surface area contributed by atoms with Crippen molar-refractivity contribution >= 4 is 34.4 Å². The van der Waals surface area contributed by atoms with Crippen LogP contribution < -0.4 is 4.90 Å². The summed E-state index contributed by atoms with van der Waals surface area (Å²) >= 11 is 0. The van der Waals surface area contributed by atoms with Crippen molar-refractivity contribution < 1.29 is 4.79 Å². The fourth-order valence-corrected chi connectivity index (χ4v) is 3.28. The molecule has 0 saturated heterocycles. The van der Waals surface area contributed by atoms with E-state index in [1.807, 2.05) is 55.5 Å². The van der Waals surface area contributed by atoms with Gasteiger partial charge in [0.05, 0.1) is 11.9 Å². The zero-order valence-electron chi connectivity index (χ0n) is 14.4. The molecule has 1 amide bonds. The summed E-state index contributed by atoms with van der Waals surface area (Å²) in [5, 5.41) is 9.55. The second kappa shape index (κ2) is 6.44. The number of benzene rings is 2. The zero-order chi connectivity index (χ0) is 18.1. The topological polar surface area (TPSA) is 60.8 Å². The van der Waals surface area contributed by atoms with Gasteiger partial charge in [-0.25, -0.2) is 0 Å². The number of aromatic amines is 1. The molecule has 4 rings (SSSR count). The van der Waals surface area contributed by atoms with Crippen molar-refractivity contribution in [1.82, 2.24) is 4.98 Å². The van der Waals surface area contributed by atoms with Crippen LogP contribution in [0.4, 0.5) is 5.69 Å². The highest BCUT2D eigenvalue weighted by atomic mass is 16.2. The summed E-state index contributed by atoms with van der Waals surface area (Å²) < 4.78 is 0. The summed E-state index contributed by atoms with van der Waals surface area (Å²) in [4.78, 5) is 17.7. The highest BCUT2D eigenvalue weighted by Gasteiger charge is 2.32. The normalized spacial score (nSPS) is 15.3. The maximum atomic E-state index is 12.7. The van der Waals surface area contributed by atoms with Gasteiger partial charge in [0, 0.05) is 34.3 Å². The van der Waals surface area contributed by atoms with Gasteiger partial charge in [-0.05, 0) is 19.1 Å². The second-order valence-electron chi connectivity index (χ2n) is 6.12. The van der Waals surface area contributed by atoms with Gasteiger partial charge in [0.1, 0.15) is 0 Å². The van der Waals surface area contributed by atoms with E-state index < -0.39 is 0 Å². The summed E-state index contributed by atoms with van der Waals surface area (Å²) in [6, 6.07) is 15.6. The fourth-order valence-electron chi connectivity index (χ4n) is 3.28. The number of rotatable bonds is 4. The molecule has 0 radical (unpaired) electrons. The Morgan fingerprint density at radius 1 is 1.15 bits per heavy atom. The van der Waals surface area contributed by atoms with Crippen molar-refractivity contribution in [2.75, 3.05) is 11.4 Å². The Kier molecular flexibility index (Phi) is 3.97. The van der Waals surface area contributed by atoms with Gasteiger partial charge in [0.2, 0.25) is 0 Å². The average Bonchev–Trinajstić information content (AvgIpc) is 3.11. The smallest absolute Gasteiger partial charge is 0.279 e. The molecular weight excluding hydrogens is 324 g/mol. The Hall–Kier alpha value is -3.47. The Bertz CT molecular complexity index is 1070. The maximum absolute atomic E-state index is 12.7. The van der Waals surface area contributed by atoms with Gasteiger partial charge in [0.15, 0.2) is 5.71 Å². The van der Waals surface area contributed by atoms with Gasteiger partial charge < -0.3 is 9.88 Å². The van der Waals surface area contributed by atoms with Crippen LogP contribution in [-0.2, 0) is 4.79 Å². The molecule has 1 N–H and O–H groups in total. The highest BCUT2D eigenvalue weighted by Crippen LogP contribution is 2.29. The van der Waals surface area contributed by atoms with Crippen LogP contribution in [0.2, 0.25) is 0 Å². The molecule has 1 aliphatic rings. The van der Waals surface area contributed by atoms with Crippen molar-refractivity contribution in [1.29, 1.82) is 0 Å². The summed E-state index contributed by atoms with van der Waals surface area (Å²) in [6.07, 6.45) is 3.41. The SMILES string of the molecule is C=CCN1C(=O)/C(=N/N=C/c2c(C)[nH]c3ccccc23)c2ccccc21. The minimum Gasteiger partial charge on any atom is -0.358 e. The summed E-state index contributed by atoms with van der Waals surface area (Å²) in [5.41, 5.74) is 5.05. The Morgan fingerprint density at radius 2 is 1.92 bits per heavy atom. The lowest BCUT2D eigenvalue weighted by atomic mass is 10.1. The van der Waals surface area contributed by atoms with Crippen LogP contribution in [0.25, 0.3) is 10.9 Å². The lowest BCUT2D eigenvalue weighted by Crippen LogP contribution is -2.30. The quantitative estimate of drug-likeness (QED) is 0.437. The molecular formula is C21H18N4O. The number of hydrogen-bond acceptors (Lipinski definition) is 3. The number of hydrogen-bond donors (Lipinski definition) is 1. The molecule has 1 aromatic heterocycles. The Labute approximate surface area is 151 Å². The van der Waals surface area contributed by atoms with Crippen molar-refractivity contribution in [3.63, 3.8) is 0 Å². The van der Waals surface area contributed by atoms with E-state index in [0.717, 1.165) is 33.4 Å². The summed E-state index contributed by atoms with van der Waals surface area (Å²) in [6.45, 7) is 6.17. The molecule has 5 heteroatoms. The highest BCUT2D eigenvalue weighted by molar-refractivity contribution is 6.54. The van der Waals surface area contributed by atoms with E-state index in [0.29, 0.717) is 12.3 Å². The van der Waals surface area contributed by atoms with Crippen molar-refractivity contribution in [2.45, 2.75) is 6.92 Å². The molecule has 0 spiro atoms. The number of carbonyl (C=O) groups excluding carboxylic acids is 1.